The van der Waals surface area contributed by atoms with Gasteiger partial charge in [0.1, 0.15) is 0 Å². The van der Waals surface area contributed by atoms with Crippen LogP contribution in [0.15, 0.2) is 33.5 Å². The molecule has 0 aliphatic heterocycles. The summed E-state index contributed by atoms with van der Waals surface area (Å²) in [6.07, 6.45) is 0.922. The van der Waals surface area contributed by atoms with Crippen molar-refractivity contribution in [3.8, 4) is 0 Å². The van der Waals surface area contributed by atoms with E-state index in [1.807, 2.05) is 6.92 Å². The van der Waals surface area contributed by atoms with Crippen LogP contribution in [0.1, 0.15) is 33.6 Å². The van der Waals surface area contributed by atoms with E-state index in [1.165, 1.54) is 0 Å². The minimum absolute atomic E-state index is 0.300. The number of rotatable bonds is 5. The fourth-order valence-corrected chi connectivity index (χ4v) is 3.19. The average molecular weight is 298 g/mol. The molecule has 1 amide bonds. The molecule has 1 rings (SSSR count). The van der Waals surface area contributed by atoms with E-state index in [4.69, 9.17) is 10.5 Å². The van der Waals surface area contributed by atoms with Gasteiger partial charge < -0.3 is 10.5 Å². The number of unbranched alkanes of at least 4 members (excludes halogenated alkanes) is 1. The van der Waals surface area contributed by atoms with Crippen molar-refractivity contribution < 1.29 is 13.7 Å². The number of ether oxygens (including phenoxy) is 1. The summed E-state index contributed by atoms with van der Waals surface area (Å²) in [4.78, 5) is 12.2. The van der Waals surface area contributed by atoms with E-state index in [-0.39, 0.29) is 5.25 Å². The van der Waals surface area contributed by atoms with E-state index in [2.05, 4.69) is 4.36 Å². The number of benzene rings is 1. The Hall–Kier alpha value is -1.56. The molecule has 0 saturated carbocycles. The molecule has 2 N–H and O–H groups in total. The smallest absolute Gasteiger partial charge is 0.442 e. The zero-order chi connectivity index (χ0) is 15.2. The number of carbonyl (C=O) groups excluding carboxylic acids is 1. The molecule has 0 aromatic heterocycles. The van der Waals surface area contributed by atoms with Crippen molar-refractivity contribution in [2.45, 2.75) is 43.8 Å². The largest absolute Gasteiger partial charge is 0.447 e. The molecule has 0 bridgehead atoms. The number of anilines is 1. The molecule has 0 saturated heterocycles. The Morgan fingerprint density at radius 3 is 2.45 bits per heavy atom. The molecular weight excluding hydrogens is 276 g/mol. The first-order valence-corrected chi connectivity index (χ1v) is 8.26. The van der Waals surface area contributed by atoms with Crippen molar-refractivity contribution >= 4 is 21.5 Å². The Kier molecular flexibility index (Phi) is 6.01. The summed E-state index contributed by atoms with van der Waals surface area (Å²) >= 11 is 0. The van der Waals surface area contributed by atoms with Gasteiger partial charge in [0.2, 0.25) is 0 Å². The molecule has 0 spiro atoms. The predicted octanol–water partition coefficient (Wildman–Crippen LogP) is 3.44. The van der Waals surface area contributed by atoms with Gasteiger partial charge >= 0.3 is 6.09 Å². The number of carbonyl (C=O) groups is 1. The highest BCUT2D eigenvalue weighted by molar-refractivity contribution is 7.94. The minimum Gasteiger partial charge on any atom is -0.447 e. The molecule has 0 aliphatic rings. The van der Waals surface area contributed by atoms with Gasteiger partial charge in [-0.05, 0) is 44.5 Å². The molecule has 0 radical (unpaired) electrons. The van der Waals surface area contributed by atoms with Gasteiger partial charge in [0, 0.05) is 15.8 Å². The number of hydrogen-bond donors (Lipinski definition) is 1. The second-order valence-electron chi connectivity index (χ2n) is 4.75. The third-order valence-electron chi connectivity index (χ3n) is 2.79. The fourth-order valence-electron chi connectivity index (χ4n) is 1.53. The van der Waals surface area contributed by atoms with Gasteiger partial charge in [-0.25, -0.2) is 9.00 Å². The van der Waals surface area contributed by atoms with Gasteiger partial charge in [0.05, 0.1) is 16.3 Å². The highest BCUT2D eigenvalue weighted by Crippen LogP contribution is 2.20. The summed E-state index contributed by atoms with van der Waals surface area (Å²) in [7, 11) is -2.84. The lowest BCUT2D eigenvalue weighted by molar-refractivity contribution is 0.156. The number of nitrogen functional groups attached to an aromatic ring is 1. The van der Waals surface area contributed by atoms with Gasteiger partial charge in [-0.1, -0.05) is 13.3 Å². The highest BCUT2D eigenvalue weighted by Gasteiger charge is 2.20. The lowest BCUT2D eigenvalue weighted by Gasteiger charge is -2.13. The van der Waals surface area contributed by atoms with Gasteiger partial charge in [0.25, 0.3) is 0 Å². The Labute approximate surface area is 120 Å². The average Bonchev–Trinajstić information content (AvgIpc) is 2.39. The van der Waals surface area contributed by atoms with Crippen LogP contribution in [0.5, 0.6) is 0 Å². The summed E-state index contributed by atoms with van der Waals surface area (Å²) < 4.78 is 21.7. The topological polar surface area (TPSA) is 81.8 Å². The van der Waals surface area contributed by atoms with E-state index in [0.29, 0.717) is 17.2 Å². The molecule has 1 unspecified atom stereocenters. The molecule has 1 atom stereocenters. The summed E-state index contributed by atoms with van der Waals surface area (Å²) in [6, 6.07) is 6.57. The number of nitrogens with zero attached hydrogens (tertiary/aromatic N) is 1. The zero-order valence-electron chi connectivity index (χ0n) is 12.2. The van der Waals surface area contributed by atoms with Crippen molar-refractivity contribution in [3.63, 3.8) is 0 Å². The molecule has 0 heterocycles. The normalized spacial score (nSPS) is 13.8. The van der Waals surface area contributed by atoms with Crippen LogP contribution in [0.4, 0.5) is 10.5 Å². The first-order valence-electron chi connectivity index (χ1n) is 6.68. The maximum atomic E-state index is 12.9. The number of hydrogen-bond acceptors (Lipinski definition) is 4. The second-order valence-corrected chi connectivity index (χ2v) is 7.48. The lowest BCUT2D eigenvalue weighted by atomic mass is 10.3. The van der Waals surface area contributed by atoms with Gasteiger partial charge in [-0.15, -0.1) is 4.36 Å². The van der Waals surface area contributed by atoms with Crippen LogP contribution in [0.25, 0.3) is 0 Å². The molecule has 1 aromatic rings. The van der Waals surface area contributed by atoms with Crippen LogP contribution in [0, 0.1) is 0 Å². The molecular formula is C14H22N2O3S. The van der Waals surface area contributed by atoms with E-state index >= 15 is 0 Å². The third-order valence-corrected chi connectivity index (χ3v) is 5.44. The molecule has 20 heavy (non-hydrogen) atoms. The standard InChI is InChI=1S/C14H22N2O3S/c1-4-5-10-19-14(17)16-20(18,11(2)3)13-8-6-12(15)7-9-13/h6-9,11H,4-5,10,15H2,1-3H3. The second kappa shape index (κ2) is 7.28. The lowest BCUT2D eigenvalue weighted by Crippen LogP contribution is -2.17. The van der Waals surface area contributed by atoms with Crippen LogP contribution in [-0.2, 0) is 14.5 Å². The monoisotopic (exact) mass is 298 g/mol. The van der Waals surface area contributed by atoms with E-state index in [1.54, 1.807) is 38.1 Å². The van der Waals surface area contributed by atoms with E-state index in [0.717, 1.165) is 12.8 Å². The van der Waals surface area contributed by atoms with Gasteiger partial charge in [0.15, 0.2) is 0 Å². The van der Waals surface area contributed by atoms with Crippen molar-refractivity contribution in [2.24, 2.45) is 4.36 Å². The van der Waals surface area contributed by atoms with Crippen molar-refractivity contribution in [3.05, 3.63) is 24.3 Å². The molecule has 1 aromatic carbocycles. The Morgan fingerprint density at radius 2 is 1.95 bits per heavy atom. The number of nitrogens with two attached hydrogens (primary N) is 1. The van der Waals surface area contributed by atoms with Crippen LogP contribution in [0.3, 0.4) is 0 Å². The van der Waals surface area contributed by atoms with E-state index in [9.17, 15) is 9.00 Å². The molecule has 5 nitrogen and oxygen atoms in total. The van der Waals surface area contributed by atoms with Gasteiger partial charge in [-0.3, -0.25) is 0 Å². The van der Waals surface area contributed by atoms with Crippen molar-refractivity contribution in [1.29, 1.82) is 0 Å². The van der Waals surface area contributed by atoms with Crippen molar-refractivity contribution in [1.82, 2.24) is 0 Å². The summed E-state index contributed by atoms with van der Waals surface area (Å²) in [5.41, 5.74) is 6.19. The van der Waals surface area contributed by atoms with Crippen LogP contribution in [-0.4, -0.2) is 22.2 Å². The SMILES string of the molecule is CCCCOC(=O)N=S(=O)(c1ccc(N)cc1)C(C)C. The summed E-state index contributed by atoms with van der Waals surface area (Å²) in [5.74, 6) is 0. The van der Waals surface area contributed by atoms with Crippen LogP contribution >= 0.6 is 0 Å². The minimum atomic E-state index is -2.84. The fraction of sp³-hybridized carbons (Fsp3) is 0.500. The molecule has 0 fully saturated rings. The van der Waals surface area contributed by atoms with Crippen LogP contribution in [0.2, 0.25) is 0 Å². The Bertz CT molecular complexity index is 558. The molecule has 0 aliphatic carbocycles. The molecule has 112 valence electrons. The zero-order valence-corrected chi connectivity index (χ0v) is 13.0. The Morgan fingerprint density at radius 1 is 1.35 bits per heavy atom. The third kappa shape index (κ3) is 4.23. The quantitative estimate of drug-likeness (QED) is 0.667. The van der Waals surface area contributed by atoms with Gasteiger partial charge in [-0.2, -0.15) is 0 Å². The Balaban J connectivity index is 3.06. The van der Waals surface area contributed by atoms with Crippen LogP contribution < -0.4 is 5.73 Å². The molecule has 6 heteroatoms. The maximum absolute atomic E-state index is 12.9. The number of amides is 1. The predicted molar refractivity (Wildman–Crippen MR) is 81.1 cm³/mol. The first-order chi connectivity index (χ1) is 9.40. The van der Waals surface area contributed by atoms with E-state index < -0.39 is 15.8 Å². The highest BCUT2D eigenvalue weighted by atomic mass is 32.2. The van der Waals surface area contributed by atoms with Crippen molar-refractivity contribution in [2.75, 3.05) is 12.3 Å². The summed E-state index contributed by atoms with van der Waals surface area (Å²) in [6.45, 7) is 5.83. The summed E-state index contributed by atoms with van der Waals surface area (Å²) in [5, 5.41) is -0.301. The first kappa shape index (κ1) is 16.5. The maximum Gasteiger partial charge on any atom is 0.442 e.